The molecule has 11 rings (SSSR count). The molecule has 0 N–H and O–H groups in total. The molecule has 4 heteroatoms. The fraction of sp³-hybridized carbons (Fsp3) is 0.0192. The Morgan fingerprint density at radius 2 is 0.839 bits per heavy atom. The maximum Gasteiger partial charge on any atom is 0.164 e. The van der Waals surface area contributed by atoms with Gasteiger partial charge in [-0.3, -0.25) is 0 Å². The quantitative estimate of drug-likeness (QED) is 0.172. The summed E-state index contributed by atoms with van der Waals surface area (Å²) in [6, 6.07) is 73.2. The van der Waals surface area contributed by atoms with Crippen molar-refractivity contribution >= 4 is 21.8 Å². The smallest absolute Gasteiger partial charge is 0.164 e. The lowest BCUT2D eigenvalue weighted by molar-refractivity contribution is 0.768. The van der Waals surface area contributed by atoms with Gasteiger partial charge in [-0.05, 0) is 57.6 Å². The van der Waals surface area contributed by atoms with Gasteiger partial charge in [0.15, 0.2) is 17.5 Å². The molecular weight excluding hydrogens is 681 g/mol. The van der Waals surface area contributed by atoms with Crippen LogP contribution in [0.3, 0.4) is 0 Å². The first kappa shape index (κ1) is 32.0. The van der Waals surface area contributed by atoms with Crippen LogP contribution in [0.25, 0.3) is 72.8 Å². The standard InChI is InChI=1S/C52H34N4/c1-4-18-35(19-5-1)49-53-50(36-20-16-25-39(34-36)56-46-32-14-11-26-40(46)41-27-12-15-33-47(41)56)55-51(54-49)43-29-17-31-45-48(43)42-28-10-13-30-44(42)52(45,37-21-6-2-7-22-37)38-23-8-3-9-24-38/h1-34H. The molecule has 0 saturated heterocycles. The second-order valence-electron chi connectivity index (χ2n) is 14.3. The SMILES string of the molecule is c1ccc(-c2nc(-c3cccc(-n4c5ccccc5c5ccccc54)c3)nc(-c3cccc4c3-c3ccccc3C4(c3ccccc3)c3ccccc3)n2)cc1. The van der Waals surface area contributed by atoms with Crippen LogP contribution in [0.1, 0.15) is 22.3 Å². The summed E-state index contributed by atoms with van der Waals surface area (Å²) in [5, 5.41) is 2.45. The molecular formula is C52H34N4. The summed E-state index contributed by atoms with van der Waals surface area (Å²) < 4.78 is 2.34. The lowest BCUT2D eigenvalue weighted by atomic mass is 9.67. The van der Waals surface area contributed by atoms with E-state index in [0.717, 1.165) is 39.0 Å². The maximum atomic E-state index is 5.36. The molecule has 0 spiro atoms. The van der Waals surface area contributed by atoms with Crippen molar-refractivity contribution in [2.45, 2.75) is 5.41 Å². The molecule has 0 amide bonds. The number of hydrogen-bond acceptors (Lipinski definition) is 3. The minimum atomic E-state index is -0.529. The predicted octanol–water partition coefficient (Wildman–Crippen LogP) is 12.3. The number of para-hydroxylation sites is 2. The van der Waals surface area contributed by atoms with Crippen molar-refractivity contribution < 1.29 is 0 Å². The van der Waals surface area contributed by atoms with Crippen molar-refractivity contribution in [3.05, 3.63) is 229 Å². The maximum absolute atomic E-state index is 5.36. The molecule has 1 aliphatic rings. The van der Waals surface area contributed by atoms with Gasteiger partial charge in [0.05, 0.1) is 16.4 Å². The molecule has 0 unspecified atom stereocenters. The van der Waals surface area contributed by atoms with E-state index in [9.17, 15) is 0 Å². The largest absolute Gasteiger partial charge is 0.309 e. The summed E-state index contributed by atoms with van der Waals surface area (Å²) in [5.74, 6) is 1.89. The third kappa shape index (κ3) is 4.83. The van der Waals surface area contributed by atoms with Crippen LogP contribution in [0.5, 0.6) is 0 Å². The number of benzene rings is 8. The average molecular weight is 715 g/mol. The van der Waals surface area contributed by atoms with E-state index < -0.39 is 5.41 Å². The first-order valence-corrected chi connectivity index (χ1v) is 19.0. The van der Waals surface area contributed by atoms with E-state index in [0.29, 0.717) is 17.5 Å². The normalized spacial score (nSPS) is 12.8. The van der Waals surface area contributed by atoms with E-state index >= 15 is 0 Å². The van der Waals surface area contributed by atoms with Crippen LogP contribution in [0.4, 0.5) is 0 Å². The van der Waals surface area contributed by atoms with E-state index in [1.165, 1.54) is 38.6 Å². The summed E-state index contributed by atoms with van der Waals surface area (Å²) in [7, 11) is 0. The Kier molecular flexibility index (Phi) is 7.36. The van der Waals surface area contributed by atoms with Crippen LogP contribution in [0, 0.1) is 0 Å². The first-order chi connectivity index (χ1) is 27.8. The van der Waals surface area contributed by atoms with Gasteiger partial charge in [-0.15, -0.1) is 0 Å². The zero-order chi connectivity index (χ0) is 37.1. The highest BCUT2D eigenvalue weighted by Gasteiger charge is 2.47. The zero-order valence-electron chi connectivity index (χ0n) is 30.4. The molecule has 1 aliphatic carbocycles. The van der Waals surface area contributed by atoms with Crippen molar-refractivity contribution in [3.8, 4) is 51.0 Å². The van der Waals surface area contributed by atoms with Crippen LogP contribution in [-0.4, -0.2) is 19.5 Å². The van der Waals surface area contributed by atoms with E-state index in [2.05, 4.69) is 193 Å². The van der Waals surface area contributed by atoms with Gasteiger partial charge in [-0.2, -0.15) is 0 Å². The lowest BCUT2D eigenvalue weighted by Crippen LogP contribution is -2.28. The topological polar surface area (TPSA) is 43.6 Å². The number of fused-ring (bicyclic) bond motifs is 6. The second-order valence-corrected chi connectivity index (χ2v) is 14.3. The molecule has 0 fully saturated rings. The molecule has 0 saturated carbocycles. The van der Waals surface area contributed by atoms with Crippen LogP contribution in [0.15, 0.2) is 206 Å². The molecule has 4 nitrogen and oxygen atoms in total. The van der Waals surface area contributed by atoms with Gasteiger partial charge in [0.2, 0.25) is 0 Å². The summed E-state index contributed by atoms with van der Waals surface area (Å²) in [4.78, 5) is 15.8. The molecule has 0 bridgehead atoms. The third-order valence-electron chi connectivity index (χ3n) is 11.3. The Labute approximate surface area is 325 Å². The van der Waals surface area contributed by atoms with Gasteiger partial charge < -0.3 is 4.57 Å². The fourth-order valence-corrected chi connectivity index (χ4v) is 9.01. The molecule has 56 heavy (non-hydrogen) atoms. The minimum Gasteiger partial charge on any atom is -0.309 e. The number of rotatable bonds is 6. The van der Waals surface area contributed by atoms with Crippen molar-refractivity contribution in [1.82, 2.24) is 19.5 Å². The van der Waals surface area contributed by atoms with Gasteiger partial charge in [0, 0.05) is 33.2 Å². The van der Waals surface area contributed by atoms with Crippen LogP contribution in [0.2, 0.25) is 0 Å². The van der Waals surface area contributed by atoms with Crippen LogP contribution < -0.4 is 0 Å². The van der Waals surface area contributed by atoms with Gasteiger partial charge in [0.1, 0.15) is 0 Å². The van der Waals surface area contributed by atoms with Crippen molar-refractivity contribution in [2.24, 2.45) is 0 Å². The Hall–Kier alpha value is -7.43. The highest BCUT2D eigenvalue weighted by Crippen LogP contribution is 2.58. The molecule has 0 atom stereocenters. The highest BCUT2D eigenvalue weighted by atomic mass is 15.0. The van der Waals surface area contributed by atoms with Gasteiger partial charge >= 0.3 is 0 Å². The highest BCUT2D eigenvalue weighted by molar-refractivity contribution is 6.09. The van der Waals surface area contributed by atoms with E-state index in [1.807, 2.05) is 18.2 Å². The average Bonchev–Trinajstić information content (AvgIpc) is 3.78. The molecule has 2 heterocycles. The number of aromatic nitrogens is 4. The van der Waals surface area contributed by atoms with Gasteiger partial charge in [0.25, 0.3) is 0 Å². The second kappa shape index (κ2) is 12.9. The number of nitrogens with zero attached hydrogens (tertiary/aromatic N) is 4. The molecule has 262 valence electrons. The summed E-state index contributed by atoms with van der Waals surface area (Å²) in [6.45, 7) is 0. The monoisotopic (exact) mass is 714 g/mol. The Bertz CT molecular complexity index is 2980. The minimum absolute atomic E-state index is 0.529. The van der Waals surface area contributed by atoms with Crippen molar-refractivity contribution in [3.63, 3.8) is 0 Å². The molecule has 8 aromatic carbocycles. The van der Waals surface area contributed by atoms with E-state index in [-0.39, 0.29) is 0 Å². The predicted molar refractivity (Wildman–Crippen MR) is 228 cm³/mol. The zero-order valence-corrected chi connectivity index (χ0v) is 30.4. The molecule has 2 aromatic heterocycles. The van der Waals surface area contributed by atoms with Crippen LogP contribution in [-0.2, 0) is 5.41 Å². The summed E-state index contributed by atoms with van der Waals surface area (Å²) >= 11 is 0. The van der Waals surface area contributed by atoms with Crippen molar-refractivity contribution in [1.29, 1.82) is 0 Å². The van der Waals surface area contributed by atoms with Crippen molar-refractivity contribution in [2.75, 3.05) is 0 Å². The summed E-state index contributed by atoms with van der Waals surface area (Å²) in [5.41, 5.74) is 12.9. The lowest BCUT2D eigenvalue weighted by Gasteiger charge is -2.33. The van der Waals surface area contributed by atoms with Gasteiger partial charge in [-0.1, -0.05) is 182 Å². The molecule has 10 aromatic rings. The summed E-state index contributed by atoms with van der Waals surface area (Å²) in [6.07, 6.45) is 0. The Morgan fingerprint density at radius 3 is 1.52 bits per heavy atom. The van der Waals surface area contributed by atoms with E-state index in [1.54, 1.807) is 0 Å². The third-order valence-corrected chi connectivity index (χ3v) is 11.3. The van der Waals surface area contributed by atoms with Gasteiger partial charge in [-0.25, -0.2) is 15.0 Å². The van der Waals surface area contributed by atoms with Crippen LogP contribution >= 0.6 is 0 Å². The fourth-order valence-electron chi connectivity index (χ4n) is 9.01. The Balaban J connectivity index is 1.16. The first-order valence-electron chi connectivity index (χ1n) is 19.0. The molecule has 0 radical (unpaired) electrons. The van der Waals surface area contributed by atoms with E-state index in [4.69, 9.17) is 15.0 Å². The molecule has 0 aliphatic heterocycles. The Morgan fingerprint density at radius 1 is 0.357 bits per heavy atom. The number of hydrogen-bond donors (Lipinski definition) is 0.